The maximum Gasteiger partial charge on any atom is 0.269 e. The van der Waals surface area contributed by atoms with E-state index >= 15 is 0 Å². The summed E-state index contributed by atoms with van der Waals surface area (Å²) in [5.74, 6) is 1.43. The van der Waals surface area contributed by atoms with Crippen molar-refractivity contribution in [3.05, 3.63) is 69.9 Å². The van der Waals surface area contributed by atoms with Crippen LogP contribution in [0.15, 0.2) is 59.2 Å². The first-order valence-corrected chi connectivity index (χ1v) is 9.77. The van der Waals surface area contributed by atoms with Gasteiger partial charge in [0.25, 0.3) is 5.91 Å². The lowest BCUT2D eigenvalue weighted by Crippen LogP contribution is -2.18. The van der Waals surface area contributed by atoms with Gasteiger partial charge in [-0.05, 0) is 52.3 Å². The highest BCUT2D eigenvalue weighted by molar-refractivity contribution is 9.10. The molecule has 7 nitrogen and oxygen atoms in total. The van der Waals surface area contributed by atoms with Gasteiger partial charge >= 0.3 is 0 Å². The van der Waals surface area contributed by atoms with Gasteiger partial charge in [-0.1, -0.05) is 11.6 Å². The molecule has 2 heterocycles. The van der Waals surface area contributed by atoms with Gasteiger partial charge in [0.15, 0.2) is 0 Å². The summed E-state index contributed by atoms with van der Waals surface area (Å²) in [6, 6.07) is 14.3. The second-order valence-electron chi connectivity index (χ2n) is 6.08. The third-order valence-electron chi connectivity index (χ3n) is 4.06. The predicted octanol–water partition coefficient (Wildman–Crippen LogP) is 5.27. The molecule has 0 aliphatic carbocycles. The number of pyridine rings is 1. The van der Waals surface area contributed by atoms with Gasteiger partial charge in [0.05, 0.1) is 16.1 Å². The fourth-order valence-corrected chi connectivity index (χ4v) is 3.11. The molecule has 0 atom stereocenters. The minimum Gasteiger partial charge on any atom is -0.457 e. The first kappa shape index (κ1) is 19.2. The van der Waals surface area contributed by atoms with Crippen molar-refractivity contribution >= 4 is 56.1 Å². The monoisotopic (exact) mass is 471 g/mol. The second-order valence-corrected chi connectivity index (χ2v) is 7.34. The summed E-state index contributed by atoms with van der Waals surface area (Å²) in [6.45, 7) is 0. The van der Waals surface area contributed by atoms with Crippen LogP contribution in [0.5, 0.6) is 11.5 Å². The van der Waals surface area contributed by atoms with Gasteiger partial charge in [-0.3, -0.25) is 9.78 Å². The molecular weight excluding hydrogens is 458 g/mol. The van der Waals surface area contributed by atoms with E-state index in [0.29, 0.717) is 22.5 Å². The Hall–Kier alpha value is -3.10. The van der Waals surface area contributed by atoms with Crippen LogP contribution in [0.1, 0.15) is 10.5 Å². The number of fused-ring (bicyclic) bond motifs is 1. The number of nitrogens with zero attached hydrogens (tertiary/aromatic N) is 2. The third kappa shape index (κ3) is 4.33. The first-order chi connectivity index (χ1) is 14.0. The van der Waals surface area contributed by atoms with Crippen LogP contribution in [-0.2, 0) is 0 Å². The SMILES string of the molecule is CNC(=O)c1cc(Oc2ccc3nc(Nc4ccc(Br)c(Cl)c4)[nH]c3c2)ccn1. The number of carbonyl (C=O) groups excluding carboxylic acids is 1. The summed E-state index contributed by atoms with van der Waals surface area (Å²) in [5, 5.41) is 6.34. The van der Waals surface area contributed by atoms with E-state index in [1.165, 1.54) is 6.20 Å². The Bertz CT molecular complexity index is 1210. The van der Waals surface area contributed by atoms with Crippen molar-refractivity contribution in [1.29, 1.82) is 0 Å². The molecule has 29 heavy (non-hydrogen) atoms. The summed E-state index contributed by atoms with van der Waals surface area (Å²) < 4.78 is 6.69. The van der Waals surface area contributed by atoms with Crippen molar-refractivity contribution in [2.24, 2.45) is 0 Å². The van der Waals surface area contributed by atoms with Crippen LogP contribution in [0.2, 0.25) is 5.02 Å². The number of hydrogen-bond acceptors (Lipinski definition) is 5. The van der Waals surface area contributed by atoms with Crippen LogP contribution in [0.3, 0.4) is 0 Å². The molecule has 0 unspecified atom stereocenters. The standard InChI is InChI=1S/C20H15BrClN5O2/c1-23-19(28)18-10-13(6-7-24-18)29-12-3-5-16-17(9-12)27-20(26-16)25-11-2-4-14(21)15(22)8-11/h2-10H,1H3,(H,23,28)(H2,25,26,27). The van der Waals surface area contributed by atoms with E-state index in [1.54, 1.807) is 25.2 Å². The van der Waals surface area contributed by atoms with E-state index in [1.807, 2.05) is 30.3 Å². The molecule has 0 spiro atoms. The highest BCUT2D eigenvalue weighted by atomic mass is 79.9. The van der Waals surface area contributed by atoms with Crippen molar-refractivity contribution in [3.63, 3.8) is 0 Å². The number of imidazole rings is 1. The summed E-state index contributed by atoms with van der Waals surface area (Å²) >= 11 is 9.50. The molecule has 0 fully saturated rings. The molecule has 0 radical (unpaired) electrons. The smallest absolute Gasteiger partial charge is 0.269 e. The van der Waals surface area contributed by atoms with Crippen molar-refractivity contribution in [2.45, 2.75) is 0 Å². The topological polar surface area (TPSA) is 91.9 Å². The number of ether oxygens (including phenoxy) is 1. The Kier molecular flexibility index (Phi) is 5.37. The van der Waals surface area contributed by atoms with Crippen molar-refractivity contribution in [2.75, 3.05) is 12.4 Å². The number of aromatic amines is 1. The molecule has 2 aromatic carbocycles. The van der Waals surface area contributed by atoms with Crippen LogP contribution in [0.4, 0.5) is 11.6 Å². The van der Waals surface area contributed by atoms with Crippen LogP contribution < -0.4 is 15.4 Å². The molecule has 146 valence electrons. The molecule has 0 saturated heterocycles. The molecule has 0 saturated carbocycles. The normalized spacial score (nSPS) is 10.7. The molecule has 9 heteroatoms. The molecule has 4 rings (SSSR count). The molecule has 4 aromatic rings. The molecule has 2 aromatic heterocycles. The van der Waals surface area contributed by atoms with Crippen LogP contribution in [-0.4, -0.2) is 27.9 Å². The average Bonchev–Trinajstić information content (AvgIpc) is 3.12. The fourth-order valence-electron chi connectivity index (χ4n) is 2.68. The lowest BCUT2D eigenvalue weighted by molar-refractivity contribution is 0.0958. The number of aromatic nitrogens is 3. The summed E-state index contributed by atoms with van der Waals surface area (Å²) in [7, 11) is 1.55. The summed E-state index contributed by atoms with van der Waals surface area (Å²) in [6.07, 6.45) is 1.53. The number of nitrogens with one attached hydrogen (secondary N) is 3. The minimum atomic E-state index is -0.275. The fraction of sp³-hybridized carbons (Fsp3) is 0.0500. The number of amides is 1. The third-order valence-corrected chi connectivity index (χ3v) is 5.29. The van der Waals surface area contributed by atoms with Gasteiger partial charge in [0.2, 0.25) is 5.95 Å². The quantitative estimate of drug-likeness (QED) is 0.368. The van der Waals surface area contributed by atoms with Gasteiger partial charge in [-0.15, -0.1) is 0 Å². The van der Waals surface area contributed by atoms with Gasteiger partial charge in [-0.2, -0.15) is 0 Å². The molecule has 3 N–H and O–H groups in total. The lowest BCUT2D eigenvalue weighted by atomic mass is 10.3. The average molecular weight is 473 g/mol. The second kappa shape index (κ2) is 8.10. The lowest BCUT2D eigenvalue weighted by Gasteiger charge is -2.06. The number of hydrogen-bond donors (Lipinski definition) is 3. The Morgan fingerprint density at radius 1 is 1.14 bits per heavy atom. The van der Waals surface area contributed by atoms with E-state index in [2.05, 4.69) is 41.5 Å². The molecular formula is C20H15BrClN5O2. The number of halogens is 2. The molecule has 0 aliphatic heterocycles. The largest absolute Gasteiger partial charge is 0.457 e. The number of rotatable bonds is 5. The van der Waals surface area contributed by atoms with Crippen LogP contribution >= 0.6 is 27.5 Å². The molecule has 1 amide bonds. The number of benzene rings is 2. The van der Waals surface area contributed by atoms with Crippen molar-refractivity contribution < 1.29 is 9.53 Å². The Balaban J connectivity index is 1.55. The molecule has 0 aliphatic rings. The van der Waals surface area contributed by atoms with Crippen molar-refractivity contribution in [3.8, 4) is 11.5 Å². The number of carbonyl (C=O) groups is 1. The van der Waals surface area contributed by atoms with E-state index in [4.69, 9.17) is 16.3 Å². The maximum absolute atomic E-state index is 11.7. The van der Waals surface area contributed by atoms with Gasteiger partial charge in [0.1, 0.15) is 17.2 Å². The van der Waals surface area contributed by atoms with E-state index in [9.17, 15) is 4.79 Å². The Morgan fingerprint density at radius 2 is 1.97 bits per heavy atom. The van der Waals surface area contributed by atoms with Crippen molar-refractivity contribution in [1.82, 2.24) is 20.3 Å². The number of H-pyrrole nitrogens is 1. The van der Waals surface area contributed by atoms with Crippen LogP contribution in [0, 0.1) is 0 Å². The van der Waals surface area contributed by atoms with E-state index < -0.39 is 0 Å². The summed E-state index contributed by atoms with van der Waals surface area (Å²) in [4.78, 5) is 23.5. The highest BCUT2D eigenvalue weighted by Crippen LogP contribution is 2.29. The van der Waals surface area contributed by atoms with E-state index in [-0.39, 0.29) is 11.6 Å². The minimum absolute atomic E-state index is 0.275. The van der Waals surface area contributed by atoms with Gasteiger partial charge < -0.3 is 20.4 Å². The van der Waals surface area contributed by atoms with Gasteiger partial charge in [0, 0.05) is 35.5 Å². The number of anilines is 2. The van der Waals surface area contributed by atoms with Gasteiger partial charge in [-0.25, -0.2) is 4.98 Å². The van der Waals surface area contributed by atoms with E-state index in [0.717, 1.165) is 21.2 Å². The zero-order valence-electron chi connectivity index (χ0n) is 15.2. The molecule has 0 bridgehead atoms. The summed E-state index contributed by atoms with van der Waals surface area (Å²) in [5.41, 5.74) is 2.68. The zero-order chi connectivity index (χ0) is 20.4. The Morgan fingerprint density at radius 3 is 2.76 bits per heavy atom. The highest BCUT2D eigenvalue weighted by Gasteiger charge is 2.09. The van der Waals surface area contributed by atoms with Crippen LogP contribution in [0.25, 0.3) is 11.0 Å². The Labute approximate surface area is 179 Å². The predicted molar refractivity (Wildman–Crippen MR) is 116 cm³/mol. The zero-order valence-corrected chi connectivity index (χ0v) is 17.5. The first-order valence-electron chi connectivity index (χ1n) is 8.59. The maximum atomic E-state index is 11.7.